The van der Waals surface area contributed by atoms with Gasteiger partial charge in [0.1, 0.15) is 0 Å². The van der Waals surface area contributed by atoms with Crippen LogP contribution in [0.2, 0.25) is 0 Å². The summed E-state index contributed by atoms with van der Waals surface area (Å²) < 4.78 is 0. The number of hydrogen-bond donors (Lipinski definition) is 0. The van der Waals surface area contributed by atoms with E-state index in [9.17, 15) is 0 Å². The van der Waals surface area contributed by atoms with Gasteiger partial charge in [0.2, 0.25) is 0 Å². The van der Waals surface area contributed by atoms with E-state index in [2.05, 4.69) is 86.7 Å². The van der Waals surface area contributed by atoms with Crippen molar-refractivity contribution in [1.29, 1.82) is 0 Å². The van der Waals surface area contributed by atoms with Crippen LogP contribution >= 0.6 is 0 Å². The van der Waals surface area contributed by atoms with Crippen LogP contribution in [-0.2, 0) is 26.2 Å². The summed E-state index contributed by atoms with van der Waals surface area (Å²) in [4.78, 5) is 0. The molecule has 0 heterocycles. The third-order valence-electron chi connectivity index (χ3n) is 5.16. The van der Waals surface area contributed by atoms with E-state index in [0.29, 0.717) is 0 Å². The molecule has 10 radical (unpaired) electrons. The number of benzene rings is 2. The molecule has 0 saturated heterocycles. The van der Waals surface area contributed by atoms with E-state index in [1.54, 1.807) is 0 Å². The van der Waals surface area contributed by atoms with Crippen LogP contribution in [-0.4, -0.2) is 0 Å². The minimum absolute atomic E-state index is 0. The Labute approximate surface area is 236 Å². The summed E-state index contributed by atoms with van der Waals surface area (Å²) in [5.41, 5.74) is 4.92. The molecular weight excluding hydrogens is 500 g/mol. The zero-order chi connectivity index (χ0) is 24.1. The molecule has 2 fully saturated rings. The van der Waals surface area contributed by atoms with Gasteiger partial charge in [0.15, 0.2) is 0 Å². The minimum atomic E-state index is 0. The van der Waals surface area contributed by atoms with Crippen molar-refractivity contribution >= 4 is 5.57 Å². The first kappa shape index (κ1) is 31.8. The second-order valence-electron chi connectivity index (χ2n) is 8.02. The first-order valence-corrected chi connectivity index (χ1v) is 12.5. The van der Waals surface area contributed by atoms with Gasteiger partial charge in [0, 0.05) is 0 Å². The van der Waals surface area contributed by atoms with E-state index < -0.39 is 0 Å². The summed E-state index contributed by atoms with van der Waals surface area (Å²) in [6, 6.07) is 21.1. The van der Waals surface area contributed by atoms with E-state index in [4.69, 9.17) is 0 Å². The van der Waals surface area contributed by atoms with Crippen LogP contribution in [0.15, 0.2) is 66.2 Å². The van der Waals surface area contributed by atoms with Crippen molar-refractivity contribution in [2.75, 3.05) is 0 Å². The fraction of sp³-hybridized carbons (Fsp3) is 0.235. The maximum absolute atomic E-state index is 3.68. The standard InChI is InChI=1S/C24H28.2C5H5.Zr/c1-3-5-9-19-24(22-17-12-8-13-18-22)23(16-6-4-2)20-21-14-10-7-11-15-21;2*1-2-4-5-3-1;/h7-8,10-15,17-18H,3-6,9,16H2,1-2H3;2*1-5H;/q-2;;;+2. The molecule has 0 amide bonds. The van der Waals surface area contributed by atoms with Crippen LogP contribution in [0.5, 0.6) is 0 Å². The number of allylic oxidation sites excluding steroid dienone is 3. The molecule has 1 heteroatoms. The third-order valence-corrected chi connectivity index (χ3v) is 5.16. The molecular formula is C34H38Zr. The Kier molecular flexibility index (Phi) is 20.0. The second kappa shape index (κ2) is 22.0. The van der Waals surface area contributed by atoms with Gasteiger partial charge in [-0.2, -0.15) is 11.1 Å². The van der Waals surface area contributed by atoms with Crippen LogP contribution in [0.25, 0.3) is 5.57 Å². The van der Waals surface area contributed by atoms with E-state index in [-0.39, 0.29) is 26.2 Å². The van der Waals surface area contributed by atoms with Crippen LogP contribution < -0.4 is 0 Å². The van der Waals surface area contributed by atoms with Gasteiger partial charge in [-0.05, 0) is 64.2 Å². The molecule has 178 valence electrons. The van der Waals surface area contributed by atoms with Gasteiger partial charge >= 0.3 is 26.2 Å². The molecule has 2 saturated carbocycles. The Hall–Kier alpha value is -1.20. The molecule has 2 aromatic rings. The van der Waals surface area contributed by atoms with Crippen LogP contribution in [0.1, 0.15) is 63.5 Å². The van der Waals surface area contributed by atoms with Gasteiger partial charge in [0.25, 0.3) is 0 Å². The molecule has 2 aliphatic rings. The summed E-state index contributed by atoms with van der Waals surface area (Å²) in [5.74, 6) is 0. The maximum Gasteiger partial charge on any atom is 2.00 e. The van der Waals surface area contributed by atoms with Crippen molar-refractivity contribution in [3.05, 3.63) is 154 Å². The first-order chi connectivity index (χ1) is 16.8. The quantitative estimate of drug-likeness (QED) is 0.170. The molecule has 0 spiro atoms. The van der Waals surface area contributed by atoms with Gasteiger partial charge in [-0.1, -0.05) is 76.6 Å². The normalized spacial score (nSPS) is 15.4. The van der Waals surface area contributed by atoms with E-state index in [1.165, 1.54) is 42.4 Å². The molecule has 2 aromatic carbocycles. The largest absolute Gasteiger partial charge is 2.00 e. The molecule has 0 aromatic heterocycles. The summed E-state index contributed by atoms with van der Waals surface area (Å²) in [6.07, 6.45) is 34.2. The Bertz CT molecular complexity index is 755. The van der Waals surface area contributed by atoms with Gasteiger partial charge < -0.3 is 0 Å². The predicted molar refractivity (Wildman–Crippen MR) is 147 cm³/mol. The molecule has 0 aliphatic heterocycles. The van der Waals surface area contributed by atoms with E-state index in [1.807, 2.05) is 64.2 Å². The van der Waals surface area contributed by atoms with Crippen LogP contribution in [0.3, 0.4) is 0 Å². The Balaban J connectivity index is 0.000000456. The first-order valence-electron chi connectivity index (χ1n) is 12.5. The van der Waals surface area contributed by atoms with Crippen LogP contribution in [0, 0.1) is 76.4 Å². The molecule has 0 atom stereocenters. The SMILES string of the molecule is CCCC[C-]=C(C(=[C-]c1ccccc1)CCCC)c1ccccc1.[CH]1[CH][CH][CH][CH]1.[CH]1[CH][CH][CH][CH]1.[Zr+2]. The number of unbranched alkanes of at least 4 members (excludes halogenated alkanes) is 3. The third kappa shape index (κ3) is 14.8. The Morgan fingerprint density at radius 2 is 1.06 bits per heavy atom. The predicted octanol–water partition coefficient (Wildman–Crippen LogP) is 9.07. The number of hydrogen-bond acceptors (Lipinski definition) is 0. The van der Waals surface area contributed by atoms with Gasteiger partial charge in [0.05, 0.1) is 0 Å². The molecule has 0 unspecified atom stereocenters. The average molecular weight is 538 g/mol. The van der Waals surface area contributed by atoms with E-state index >= 15 is 0 Å². The van der Waals surface area contributed by atoms with Gasteiger partial charge in [-0.3, -0.25) is 11.6 Å². The summed E-state index contributed by atoms with van der Waals surface area (Å²) in [6.45, 7) is 4.47. The van der Waals surface area contributed by atoms with Crippen molar-refractivity contribution in [2.45, 2.75) is 52.4 Å². The molecule has 0 N–H and O–H groups in total. The zero-order valence-electron chi connectivity index (χ0n) is 21.3. The van der Waals surface area contributed by atoms with Crippen molar-refractivity contribution < 1.29 is 26.2 Å². The van der Waals surface area contributed by atoms with Crippen molar-refractivity contribution in [3.8, 4) is 0 Å². The Morgan fingerprint density at radius 1 is 0.600 bits per heavy atom. The molecule has 0 nitrogen and oxygen atoms in total. The number of rotatable bonds is 9. The van der Waals surface area contributed by atoms with Crippen LogP contribution in [0.4, 0.5) is 0 Å². The van der Waals surface area contributed by atoms with E-state index in [0.717, 1.165) is 18.4 Å². The summed E-state index contributed by atoms with van der Waals surface area (Å²) in [5, 5.41) is 0. The summed E-state index contributed by atoms with van der Waals surface area (Å²) >= 11 is 0. The molecule has 2 aliphatic carbocycles. The monoisotopic (exact) mass is 536 g/mol. The van der Waals surface area contributed by atoms with Gasteiger partial charge in [-0.15, -0.1) is 36.4 Å². The fourth-order valence-electron chi connectivity index (χ4n) is 3.32. The zero-order valence-corrected chi connectivity index (χ0v) is 23.7. The smallest absolute Gasteiger partial charge is 0.261 e. The topological polar surface area (TPSA) is 0 Å². The second-order valence-corrected chi connectivity index (χ2v) is 8.02. The van der Waals surface area contributed by atoms with Crippen molar-refractivity contribution in [3.63, 3.8) is 0 Å². The molecule has 4 rings (SSSR count). The van der Waals surface area contributed by atoms with Crippen molar-refractivity contribution in [2.24, 2.45) is 0 Å². The fourth-order valence-corrected chi connectivity index (χ4v) is 3.32. The minimum Gasteiger partial charge on any atom is -0.261 e. The Morgan fingerprint density at radius 3 is 1.51 bits per heavy atom. The van der Waals surface area contributed by atoms with Crippen molar-refractivity contribution in [1.82, 2.24) is 0 Å². The summed E-state index contributed by atoms with van der Waals surface area (Å²) in [7, 11) is 0. The average Bonchev–Trinajstić information content (AvgIpc) is 3.66. The molecule has 0 bridgehead atoms. The van der Waals surface area contributed by atoms with Gasteiger partial charge in [-0.25, -0.2) is 11.6 Å². The molecule has 35 heavy (non-hydrogen) atoms. The maximum atomic E-state index is 3.68.